The van der Waals surface area contributed by atoms with Gasteiger partial charge in [-0.15, -0.1) is 0 Å². The summed E-state index contributed by atoms with van der Waals surface area (Å²) in [5, 5.41) is 20.3. The molecule has 0 heterocycles. The lowest BCUT2D eigenvalue weighted by molar-refractivity contribution is -0.162. The Morgan fingerprint density at radius 3 is 2.67 bits per heavy atom. The molecule has 0 unspecified atom stereocenters. The second-order valence-electron chi connectivity index (χ2n) is 9.91. The van der Waals surface area contributed by atoms with E-state index >= 15 is 0 Å². The smallest absolute Gasteiger partial charge is 0.165 e. The number of carbonyl (C=O) groups is 2. The molecule has 4 nitrogen and oxygen atoms in total. The molecule has 6 atom stereocenters. The van der Waals surface area contributed by atoms with E-state index in [2.05, 4.69) is 13.8 Å². The molecule has 0 amide bonds. The van der Waals surface area contributed by atoms with Gasteiger partial charge in [0.25, 0.3) is 0 Å². The Labute approximate surface area is 162 Å². The highest BCUT2D eigenvalue weighted by Gasteiger charge is 2.65. The van der Waals surface area contributed by atoms with Crippen LogP contribution in [0.3, 0.4) is 0 Å². The van der Waals surface area contributed by atoms with Crippen molar-refractivity contribution in [1.29, 1.82) is 5.26 Å². The van der Waals surface area contributed by atoms with E-state index in [-0.39, 0.29) is 35.2 Å². The number of hydrogen-bond donors (Lipinski definition) is 1. The number of nitriles is 1. The molecule has 0 aromatic carbocycles. The van der Waals surface area contributed by atoms with Crippen molar-refractivity contribution in [2.75, 3.05) is 0 Å². The average molecular weight is 370 g/mol. The molecule has 0 saturated heterocycles. The molecule has 1 N–H and O–H groups in total. The van der Waals surface area contributed by atoms with Crippen LogP contribution in [0.4, 0.5) is 0 Å². The van der Waals surface area contributed by atoms with Crippen LogP contribution in [0.15, 0.2) is 11.6 Å². The van der Waals surface area contributed by atoms with E-state index in [1.807, 2.05) is 12.1 Å². The van der Waals surface area contributed by atoms with Crippen LogP contribution in [0.2, 0.25) is 0 Å². The Hall–Kier alpha value is -1.47. The average Bonchev–Trinajstić information content (AvgIpc) is 2.92. The van der Waals surface area contributed by atoms with Crippen LogP contribution in [0.1, 0.15) is 78.1 Å². The summed E-state index contributed by atoms with van der Waals surface area (Å²) in [7, 11) is 0. The van der Waals surface area contributed by atoms with Gasteiger partial charge >= 0.3 is 0 Å². The lowest BCUT2D eigenvalue weighted by Crippen LogP contribution is -2.57. The Balaban J connectivity index is 1.63. The maximum atomic E-state index is 12.8. The number of hydrogen-bond acceptors (Lipinski definition) is 4. The number of rotatable bonds is 3. The summed E-state index contributed by atoms with van der Waals surface area (Å²) in [6.07, 6.45) is 9.26. The standard InChI is InChI=1S/C23H31NO3/c1-21-10-7-16(25)14-15(21)5-6-17-18(21)8-11-22(2)19(17)9-12-23(22,27)20(26)4-3-13-24/h14,17-19,27H,3-12H2,1-2H3/t17-,18+,19+,21+,22+,23-/m1/s1. The predicted molar refractivity (Wildman–Crippen MR) is 102 cm³/mol. The molecular weight excluding hydrogens is 338 g/mol. The highest BCUT2D eigenvalue weighted by atomic mass is 16.3. The third-order valence-corrected chi connectivity index (χ3v) is 9.04. The van der Waals surface area contributed by atoms with Gasteiger partial charge in [-0.2, -0.15) is 5.26 Å². The second-order valence-corrected chi connectivity index (χ2v) is 9.91. The molecule has 27 heavy (non-hydrogen) atoms. The zero-order chi connectivity index (χ0) is 19.4. The Kier molecular flexibility index (Phi) is 4.38. The van der Waals surface area contributed by atoms with Gasteiger partial charge < -0.3 is 5.11 Å². The van der Waals surface area contributed by atoms with Gasteiger partial charge in [-0.25, -0.2) is 0 Å². The topological polar surface area (TPSA) is 78.2 Å². The first-order valence-corrected chi connectivity index (χ1v) is 10.6. The second kappa shape index (κ2) is 6.27. The van der Waals surface area contributed by atoms with Crippen LogP contribution >= 0.6 is 0 Å². The first-order valence-electron chi connectivity index (χ1n) is 10.6. The number of carbonyl (C=O) groups excluding carboxylic acids is 2. The van der Waals surface area contributed by atoms with E-state index in [4.69, 9.17) is 5.26 Å². The Morgan fingerprint density at radius 2 is 1.93 bits per heavy atom. The summed E-state index contributed by atoms with van der Waals surface area (Å²) in [6.45, 7) is 4.48. The highest BCUT2D eigenvalue weighted by Crippen LogP contribution is 2.67. The van der Waals surface area contributed by atoms with Crippen LogP contribution in [0.25, 0.3) is 0 Å². The van der Waals surface area contributed by atoms with Crippen molar-refractivity contribution in [2.45, 2.75) is 83.7 Å². The molecule has 4 aliphatic rings. The number of aliphatic hydroxyl groups is 1. The molecule has 0 spiro atoms. The maximum absolute atomic E-state index is 12.8. The summed E-state index contributed by atoms with van der Waals surface area (Å²) < 4.78 is 0. The molecule has 3 fully saturated rings. The largest absolute Gasteiger partial charge is 0.381 e. The first-order chi connectivity index (χ1) is 12.8. The minimum Gasteiger partial charge on any atom is -0.381 e. The van der Waals surface area contributed by atoms with Gasteiger partial charge in [0.2, 0.25) is 0 Å². The lowest BCUT2D eigenvalue weighted by atomic mass is 9.46. The molecule has 4 aliphatic carbocycles. The van der Waals surface area contributed by atoms with Crippen molar-refractivity contribution in [3.05, 3.63) is 11.6 Å². The van der Waals surface area contributed by atoms with Crippen molar-refractivity contribution in [1.82, 2.24) is 0 Å². The van der Waals surface area contributed by atoms with E-state index in [0.29, 0.717) is 30.6 Å². The summed E-state index contributed by atoms with van der Waals surface area (Å²) in [4.78, 5) is 24.8. The van der Waals surface area contributed by atoms with Gasteiger partial charge in [0.15, 0.2) is 11.6 Å². The molecule has 4 rings (SSSR count). The number of Topliss-reactive ketones (excluding diaryl/α,β-unsaturated/α-hetero) is 1. The third kappa shape index (κ3) is 2.50. The normalized spacial score (nSPS) is 45.9. The molecule has 0 bridgehead atoms. The van der Waals surface area contributed by atoms with Crippen LogP contribution in [-0.2, 0) is 9.59 Å². The third-order valence-electron chi connectivity index (χ3n) is 9.04. The molecule has 0 aromatic rings. The maximum Gasteiger partial charge on any atom is 0.165 e. The van der Waals surface area contributed by atoms with Gasteiger partial charge in [0, 0.05) is 24.7 Å². The Morgan fingerprint density at radius 1 is 1.19 bits per heavy atom. The van der Waals surface area contributed by atoms with Crippen molar-refractivity contribution in [2.24, 2.45) is 28.6 Å². The summed E-state index contributed by atoms with van der Waals surface area (Å²) in [5.41, 5.74) is -0.173. The summed E-state index contributed by atoms with van der Waals surface area (Å²) >= 11 is 0. The van der Waals surface area contributed by atoms with Gasteiger partial charge in [-0.05, 0) is 74.2 Å². The zero-order valence-electron chi connectivity index (χ0n) is 16.6. The molecule has 0 aliphatic heterocycles. The quantitative estimate of drug-likeness (QED) is 0.811. The van der Waals surface area contributed by atoms with E-state index in [9.17, 15) is 14.7 Å². The predicted octanol–water partition coefficient (Wildman–Crippen LogP) is 4.12. The fourth-order valence-electron chi connectivity index (χ4n) is 7.41. The molecule has 0 aromatic heterocycles. The zero-order valence-corrected chi connectivity index (χ0v) is 16.6. The highest BCUT2D eigenvalue weighted by molar-refractivity contribution is 5.91. The van der Waals surface area contributed by atoms with E-state index in [1.54, 1.807) is 0 Å². The Bertz CT molecular complexity index is 749. The van der Waals surface area contributed by atoms with Crippen LogP contribution in [-0.4, -0.2) is 22.3 Å². The van der Waals surface area contributed by atoms with E-state index in [0.717, 1.165) is 38.5 Å². The van der Waals surface area contributed by atoms with Gasteiger partial charge in [-0.3, -0.25) is 9.59 Å². The molecule has 146 valence electrons. The monoisotopic (exact) mass is 369 g/mol. The minimum absolute atomic E-state index is 0.115. The molecular formula is C23H31NO3. The minimum atomic E-state index is -1.26. The number of nitrogens with zero attached hydrogens (tertiary/aromatic N) is 1. The van der Waals surface area contributed by atoms with Crippen molar-refractivity contribution in [3.63, 3.8) is 0 Å². The van der Waals surface area contributed by atoms with Crippen LogP contribution in [0.5, 0.6) is 0 Å². The fraction of sp³-hybridized carbons (Fsp3) is 0.783. The van der Waals surface area contributed by atoms with Crippen LogP contribution in [0, 0.1) is 39.9 Å². The fourth-order valence-corrected chi connectivity index (χ4v) is 7.41. The first kappa shape index (κ1) is 18.9. The number of ketones is 2. The van der Waals surface area contributed by atoms with Crippen molar-refractivity contribution >= 4 is 11.6 Å². The lowest BCUT2D eigenvalue weighted by Gasteiger charge is -2.58. The van der Waals surface area contributed by atoms with E-state index in [1.165, 1.54) is 5.57 Å². The van der Waals surface area contributed by atoms with Gasteiger partial charge in [0.05, 0.1) is 6.07 Å². The molecule has 4 heteroatoms. The van der Waals surface area contributed by atoms with E-state index < -0.39 is 5.60 Å². The van der Waals surface area contributed by atoms with Gasteiger partial charge in [0.1, 0.15) is 5.60 Å². The number of fused-ring (bicyclic) bond motifs is 5. The molecule has 3 saturated carbocycles. The SMILES string of the molecule is C[C@]12CCC(=O)C=C1CC[C@@H]1[C@@H]2CC[C@@]2(C)[C@H]1CC[C@@]2(O)C(=O)CCC#N. The van der Waals surface area contributed by atoms with Crippen LogP contribution < -0.4 is 0 Å². The van der Waals surface area contributed by atoms with Crippen molar-refractivity contribution < 1.29 is 14.7 Å². The summed E-state index contributed by atoms with van der Waals surface area (Å²) in [6, 6.07) is 2.04. The molecule has 0 radical (unpaired) electrons. The van der Waals surface area contributed by atoms with Gasteiger partial charge in [-0.1, -0.05) is 19.4 Å². The summed E-state index contributed by atoms with van der Waals surface area (Å²) in [5.74, 6) is 1.60. The van der Waals surface area contributed by atoms with Crippen molar-refractivity contribution in [3.8, 4) is 6.07 Å². The number of allylic oxidation sites excluding steroid dienone is 1.